The van der Waals surface area contributed by atoms with E-state index in [0.717, 1.165) is 11.1 Å². The minimum absolute atomic E-state index is 0.257. The number of ether oxygens (including phenoxy) is 1. The highest BCUT2D eigenvalue weighted by Crippen LogP contribution is 2.29. The number of para-hydroxylation sites is 1. The lowest BCUT2D eigenvalue weighted by Gasteiger charge is -2.19. The molecule has 1 amide bonds. The molecule has 0 saturated carbocycles. The van der Waals surface area contributed by atoms with Gasteiger partial charge < -0.3 is 20.0 Å². The number of nitrogens with one attached hydrogen (secondary N) is 1. The van der Waals surface area contributed by atoms with Crippen molar-refractivity contribution in [3.63, 3.8) is 0 Å². The second kappa shape index (κ2) is 9.74. The maximum atomic E-state index is 12.0. The first-order chi connectivity index (χ1) is 12.1. The zero-order valence-electron chi connectivity index (χ0n) is 13.9. The fourth-order valence-electron chi connectivity index (χ4n) is 2.31. The van der Waals surface area contributed by atoms with Crippen LogP contribution in [0.5, 0.6) is 5.75 Å². The smallest absolute Gasteiger partial charge is 0.258 e. The third-order valence-corrected chi connectivity index (χ3v) is 4.20. The summed E-state index contributed by atoms with van der Waals surface area (Å²) >= 11 is 1.51. The van der Waals surface area contributed by atoms with E-state index in [1.54, 1.807) is 6.07 Å². The van der Waals surface area contributed by atoms with E-state index < -0.39 is 17.9 Å². The van der Waals surface area contributed by atoms with Crippen LogP contribution in [0.4, 0.5) is 0 Å². The monoisotopic (exact) mass is 358 g/mol. The van der Waals surface area contributed by atoms with Gasteiger partial charge in [0.25, 0.3) is 5.91 Å². The number of carboxylic acid groups (broad SMARTS) is 1. The third-order valence-electron chi connectivity index (χ3n) is 3.56. The number of thioether (sulfide) groups is 1. The Morgan fingerprint density at radius 1 is 1.12 bits per heavy atom. The summed E-state index contributed by atoms with van der Waals surface area (Å²) in [4.78, 5) is 23.1. The molecule has 0 aromatic heterocycles. The van der Waals surface area contributed by atoms with Gasteiger partial charge in [-0.15, -0.1) is 0 Å². The summed E-state index contributed by atoms with van der Waals surface area (Å²) in [5, 5.41) is 13.5. The van der Waals surface area contributed by atoms with Crippen molar-refractivity contribution in [1.82, 2.24) is 5.32 Å². The van der Waals surface area contributed by atoms with Crippen LogP contribution in [-0.2, 0) is 9.59 Å². The summed E-state index contributed by atoms with van der Waals surface area (Å²) in [6.45, 7) is -0.257. The van der Waals surface area contributed by atoms with Gasteiger partial charge in [0.05, 0.1) is 12.0 Å². The average molecular weight is 358 g/mol. The highest BCUT2D eigenvalue weighted by atomic mass is 32.2. The van der Waals surface area contributed by atoms with Crippen molar-refractivity contribution in [3.05, 3.63) is 54.6 Å². The van der Waals surface area contributed by atoms with E-state index >= 15 is 0 Å². The van der Waals surface area contributed by atoms with Crippen molar-refractivity contribution in [2.24, 2.45) is 0 Å². The normalized spacial score (nSPS) is 11.6. The highest BCUT2D eigenvalue weighted by Gasteiger charge is 2.14. The van der Waals surface area contributed by atoms with Crippen LogP contribution < -0.4 is 15.2 Å². The minimum atomic E-state index is -1.29. The Balaban J connectivity index is 1.99. The van der Waals surface area contributed by atoms with Crippen molar-refractivity contribution < 1.29 is 19.4 Å². The Morgan fingerprint density at radius 2 is 1.80 bits per heavy atom. The van der Waals surface area contributed by atoms with Crippen LogP contribution in [0.3, 0.4) is 0 Å². The molecule has 25 heavy (non-hydrogen) atoms. The van der Waals surface area contributed by atoms with Crippen LogP contribution >= 0.6 is 11.8 Å². The predicted octanol–water partition coefficient (Wildman–Crippen LogP) is 1.72. The number of carbonyl (C=O) groups excluding carboxylic acids is 2. The maximum absolute atomic E-state index is 12.0. The van der Waals surface area contributed by atoms with Gasteiger partial charge in [0, 0.05) is 5.56 Å². The molecule has 0 radical (unpaired) electrons. The number of amides is 1. The van der Waals surface area contributed by atoms with E-state index in [1.807, 2.05) is 54.8 Å². The largest absolute Gasteiger partial charge is 0.548 e. The Morgan fingerprint density at radius 3 is 2.48 bits per heavy atom. The average Bonchev–Trinajstić information content (AvgIpc) is 2.64. The van der Waals surface area contributed by atoms with Gasteiger partial charge in [0.15, 0.2) is 6.61 Å². The SMILES string of the molecule is CSCC[C@H](NC(=O)COc1ccccc1-c1ccccc1)C(=O)[O-]. The Bertz CT molecular complexity index is 706. The Hall–Kier alpha value is -2.47. The second-order valence-corrected chi connectivity index (χ2v) is 6.36. The summed E-state index contributed by atoms with van der Waals surface area (Å²) in [5.74, 6) is -0.584. The number of hydrogen-bond acceptors (Lipinski definition) is 5. The van der Waals surface area contributed by atoms with Crippen LogP contribution in [0.25, 0.3) is 11.1 Å². The minimum Gasteiger partial charge on any atom is -0.548 e. The van der Waals surface area contributed by atoms with E-state index in [2.05, 4.69) is 5.32 Å². The summed E-state index contributed by atoms with van der Waals surface area (Å²) in [6.07, 6.45) is 2.19. The predicted molar refractivity (Wildman–Crippen MR) is 97.3 cm³/mol. The number of aliphatic carboxylic acids is 1. The molecule has 0 aliphatic heterocycles. The topological polar surface area (TPSA) is 78.5 Å². The molecular weight excluding hydrogens is 338 g/mol. The van der Waals surface area contributed by atoms with E-state index in [0.29, 0.717) is 17.9 Å². The molecule has 0 aliphatic carbocycles. The first-order valence-corrected chi connectivity index (χ1v) is 9.27. The lowest BCUT2D eigenvalue weighted by molar-refractivity contribution is -0.308. The molecule has 132 valence electrons. The van der Waals surface area contributed by atoms with Gasteiger partial charge in [-0.3, -0.25) is 4.79 Å². The van der Waals surface area contributed by atoms with Crippen LogP contribution in [0, 0.1) is 0 Å². The highest BCUT2D eigenvalue weighted by molar-refractivity contribution is 7.98. The number of carbonyl (C=O) groups is 2. The number of rotatable bonds is 9. The summed E-state index contributed by atoms with van der Waals surface area (Å²) < 4.78 is 5.61. The molecule has 0 fully saturated rings. The van der Waals surface area contributed by atoms with Gasteiger partial charge >= 0.3 is 0 Å². The fraction of sp³-hybridized carbons (Fsp3) is 0.263. The van der Waals surface area contributed by atoms with Crippen LogP contribution in [0.2, 0.25) is 0 Å². The van der Waals surface area contributed by atoms with E-state index in [-0.39, 0.29) is 6.61 Å². The molecular formula is C19H20NO4S-. The first kappa shape index (κ1) is 18.9. The zero-order chi connectivity index (χ0) is 18.1. The molecule has 2 rings (SSSR count). The van der Waals surface area contributed by atoms with Crippen molar-refractivity contribution in [2.45, 2.75) is 12.5 Å². The van der Waals surface area contributed by atoms with Gasteiger partial charge in [-0.05, 0) is 30.1 Å². The van der Waals surface area contributed by atoms with E-state index in [9.17, 15) is 14.7 Å². The van der Waals surface area contributed by atoms with Crippen molar-refractivity contribution >= 4 is 23.6 Å². The molecule has 2 aromatic rings. The lowest BCUT2D eigenvalue weighted by atomic mass is 10.1. The fourth-order valence-corrected chi connectivity index (χ4v) is 2.78. The molecule has 6 heteroatoms. The molecule has 1 atom stereocenters. The standard InChI is InChI=1S/C19H21NO4S/c1-25-12-11-16(19(22)23)20-18(21)13-24-17-10-6-5-9-15(17)14-7-3-2-4-8-14/h2-10,16H,11-13H2,1H3,(H,20,21)(H,22,23)/p-1/t16-/m0/s1. The quantitative estimate of drug-likeness (QED) is 0.738. The molecule has 5 nitrogen and oxygen atoms in total. The van der Waals surface area contributed by atoms with Crippen LogP contribution in [0.1, 0.15) is 6.42 Å². The summed E-state index contributed by atoms with van der Waals surface area (Å²) in [6, 6.07) is 16.1. The Labute approximate surface area is 151 Å². The van der Waals surface area contributed by atoms with Crippen molar-refractivity contribution in [1.29, 1.82) is 0 Å². The molecule has 0 heterocycles. The summed E-state index contributed by atoms with van der Waals surface area (Å²) in [5.41, 5.74) is 1.85. The number of carboxylic acids is 1. The molecule has 1 N–H and O–H groups in total. The first-order valence-electron chi connectivity index (χ1n) is 7.88. The van der Waals surface area contributed by atoms with E-state index in [4.69, 9.17) is 4.74 Å². The number of hydrogen-bond donors (Lipinski definition) is 1. The van der Waals surface area contributed by atoms with Gasteiger partial charge in [-0.2, -0.15) is 11.8 Å². The lowest BCUT2D eigenvalue weighted by Crippen LogP contribution is -2.49. The van der Waals surface area contributed by atoms with Crippen molar-refractivity contribution in [3.8, 4) is 16.9 Å². The van der Waals surface area contributed by atoms with Gasteiger partial charge in [0.1, 0.15) is 5.75 Å². The molecule has 0 unspecified atom stereocenters. The van der Waals surface area contributed by atoms with Crippen molar-refractivity contribution in [2.75, 3.05) is 18.6 Å². The second-order valence-electron chi connectivity index (χ2n) is 5.37. The molecule has 0 bridgehead atoms. The number of benzene rings is 2. The summed E-state index contributed by atoms with van der Waals surface area (Å²) in [7, 11) is 0. The molecule has 0 aliphatic rings. The van der Waals surface area contributed by atoms with Crippen LogP contribution in [-0.4, -0.2) is 36.5 Å². The van der Waals surface area contributed by atoms with Gasteiger partial charge in [0.2, 0.25) is 0 Å². The van der Waals surface area contributed by atoms with Gasteiger partial charge in [-0.25, -0.2) is 0 Å². The molecule has 0 saturated heterocycles. The van der Waals surface area contributed by atoms with E-state index in [1.165, 1.54) is 11.8 Å². The zero-order valence-corrected chi connectivity index (χ0v) is 14.8. The molecule has 0 spiro atoms. The van der Waals surface area contributed by atoms with Crippen LogP contribution in [0.15, 0.2) is 54.6 Å². The molecule has 2 aromatic carbocycles. The maximum Gasteiger partial charge on any atom is 0.258 e. The third kappa shape index (κ3) is 5.83. The Kier molecular flexibility index (Phi) is 7.35. The van der Waals surface area contributed by atoms with Gasteiger partial charge in [-0.1, -0.05) is 48.5 Å².